The number of carbonyl (C=O) groups excluding carboxylic acids is 1. The minimum absolute atomic E-state index is 0.135. The normalized spacial score (nSPS) is 47.1. The lowest BCUT2D eigenvalue weighted by molar-refractivity contribution is -0.135. The topological polar surface area (TPSA) is 37.3 Å². The Hall–Kier alpha value is -1.07. The second kappa shape index (κ2) is 6.77. The zero-order valence-corrected chi connectivity index (χ0v) is 17.6. The van der Waals surface area contributed by atoms with Crippen LogP contribution in [0, 0.1) is 52.3 Å². The molecular formula is C25H36O2. The Morgan fingerprint density at radius 1 is 1.19 bits per heavy atom. The van der Waals surface area contributed by atoms with E-state index in [0.717, 1.165) is 19.3 Å². The Morgan fingerprint density at radius 2 is 1.96 bits per heavy atom. The molecule has 3 saturated carbocycles. The first kappa shape index (κ1) is 19.3. The van der Waals surface area contributed by atoms with Crippen LogP contribution in [-0.4, -0.2) is 17.0 Å². The van der Waals surface area contributed by atoms with E-state index in [1.807, 2.05) is 13.0 Å². The maximum absolute atomic E-state index is 13.3. The molecule has 8 atom stereocenters. The van der Waals surface area contributed by atoms with E-state index in [9.17, 15) is 9.90 Å². The van der Waals surface area contributed by atoms with Crippen molar-refractivity contribution >= 4 is 5.78 Å². The van der Waals surface area contributed by atoms with Gasteiger partial charge in [0, 0.05) is 12.3 Å². The summed E-state index contributed by atoms with van der Waals surface area (Å²) in [4.78, 5) is 13.3. The molecule has 0 heterocycles. The van der Waals surface area contributed by atoms with Gasteiger partial charge < -0.3 is 5.11 Å². The molecule has 4 aliphatic rings. The number of aliphatic hydroxyl groups excluding tert-OH is 1. The predicted octanol–water partition coefficient (Wildman–Crippen LogP) is 5.15. The number of hydrogen-bond acceptors (Lipinski definition) is 2. The third-order valence-corrected chi connectivity index (χ3v) is 9.28. The Bertz CT molecular complexity index is 710. The molecule has 0 radical (unpaired) electrons. The van der Waals surface area contributed by atoms with Gasteiger partial charge in [-0.1, -0.05) is 26.3 Å². The lowest BCUT2D eigenvalue weighted by atomic mass is 9.46. The average molecular weight is 369 g/mol. The van der Waals surface area contributed by atoms with Crippen LogP contribution in [0.5, 0.6) is 0 Å². The van der Waals surface area contributed by atoms with Crippen LogP contribution in [0.2, 0.25) is 0 Å². The lowest BCUT2D eigenvalue weighted by Crippen LogP contribution is -2.53. The Kier molecular flexibility index (Phi) is 4.83. The van der Waals surface area contributed by atoms with Gasteiger partial charge in [-0.2, -0.15) is 0 Å². The summed E-state index contributed by atoms with van der Waals surface area (Å²) in [7, 11) is 0. The fourth-order valence-corrected chi connectivity index (χ4v) is 7.76. The van der Waals surface area contributed by atoms with E-state index in [1.165, 1.54) is 31.3 Å². The Labute approximate surface area is 165 Å². The quantitative estimate of drug-likeness (QED) is 0.684. The fraction of sp³-hybridized carbons (Fsp3) is 0.800. The van der Waals surface area contributed by atoms with Gasteiger partial charge in [0.15, 0.2) is 5.78 Å². The summed E-state index contributed by atoms with van der Waals surface area (Å²) in [5.74, 6) is 9.29. The van der Waals surface area contributed by atoms with Crippen LogP contribution in [0.25, 0.3) is 0 Å². The molecule has 0 aromatic rings. The van der Waals surface area contributed by atoms with Gasteiger partial charge in [-0.15, -0.1) is 11.8 Å². The number of allylic oxidation sites excluding steroid dienone is 1. The van der Waals surface area contributed by atoms with Crippen molar-refractivity contribution in [2.45, 2.75) is 85.2 Å². The van der Waals surface area contributed by atoms with Crippen LogP contribution < -0.4 is 0 Å². The van der Waals surface area contributed by atoms with Crippen molar-refractivity contribution in [2.24, 2.45) is 40.4 Å². The first-order chi connectivity index (χ1) is 12.8. The van der Waals surface area contributed by atoms with E-state index in [0.29, 0.717) is 41.3 Å². The van der Waals surface area contributed by atoms with Gasteiger partial charge in [0.25, 0.3) is 0 Å². The smallest absolute Gasteiger partial charge is 0.159 e. The van der Waals surface area contributed by atoms with Crippen molar-refractivity contribution in [3.8, 4) is 11.8 Å². The van der Waals surface area contributed by atoms with Gasteiger partial charge in [0.05, 0.1) is 6.10 Å². The summed E-state index contributed by atoms with van der Waals surface area (Å²) in [5, 5.41) is 10.1. The molecule has 0 amide bonds. The number of hydrogen-bond donors (Lipinski definition) is 1. The zero-order chi connectivity index (χ0) is 19.4. The Balaban J connectivity index is 1.64. The first-order valence-corrected chi connectivity index (χ1v) is 11.1. The highest BCUT2D eigenvalue weighted by Gasteiger charge is 2.61. The first-order valence-electron chi connectivity index (χ1n) is 11.1. The summed E-state index contributed by atoms with van der Waals surface area (Å²) < 4.78 is 0. The Morgan fingerprint density at radius 3 is 2.70 bits per heavy atom. The van der Waals surface area contributed by atoms with E-state index in [2.05, 4.69) is 32.6 Å². The molecule has 0 spiro atoms. The van der Waals surface area contributed by atoms with Crippen LogP contribution in [-0.2, 0) is 4.79 Å². The summed E-state index contributed by atoms with van der Waals surface area (Å²) in [5.41, 5.74) is 1.68. The molecular weight excluding hydrogens is 332 g/mol. The van der Waals surface area contributed by atoms with Crippen LogP contribution in [0.3, 0.4) is 0 Å². The highest BCUT2D eigenvalue weighted by Crippen LogP contribution is 2.66. The zero-order valence-electron chi connectivity index (χ0n) is 17.6. The predicted molar refractivity (Wildman–Crippen MR) is 109 cm³/mol. The largest absolute Gasteiger partial charge is 0.393 e. The number of carbonyl (C=O) groups is 1. The van der Waals surface area contributed by atoms with E-state index in [4.69, 9.17) is 0 Å². The van der Waals surface area contributed by atoms with Gasteiger partial charge in [0.1, 0.15) is 0 Å². The monoisotopic (exact) mass is 368 g/mol. The molecule has 0 aromatic carbocycles. The minimum Gasteiger partial charge on any atom is -0.393 e. The van der Waals surface area contributed by atoms with E-state index >= 15 is 0 Å². The number of ketones is 1. The third-order valence-electron chi connectivity index (χ3n) is 9.28. The maximum atomic E-state index is 13.3. The molecule has 4 rings (SSSR count). The number of fused-ring (bicyclic) bond motifs is 5. The molecule has 0 aromatic heterocycles. The van der Waals surface area contributed by atoms with Gasteiger partial charge in [-0.05, 0) is 92.4 Å². The SMILES string of the molecule is CC#CCC(C)[C@H]1CC[C@H]2[C@@H]3C(=O)C=C4C[C@@H](O)CC[C@]4(C)[C@H]3CC[C@]12C. The van der Waals surface area contributed by atoms with E-state index in [1.54, 1.807) is 0 Å². The van der Waals surface area contributed by atoms with Gasteiger partial charge >= 0.3 is 0 Å². The minimum atomic E-state index is -0.251. The van der Waals surface area contributed by atoms with Gasteiger partial charge in [-0.3, -0.25) is 4.79 Å². The molecule has 2 heteroatoms. The lowest BCUT2D eigenvalue weighted by Gasteiger charge is -2.57. The van der Waals surface area contributed by atoms with Gasteiger partial charge in [0.2, 0.25) is 0 Å². The van der Waals surface area contributed by atoms with Crippen molar-refractivity contribution in [3.63, 3.8) is 0 Å². The molecule has 3 fully saturated rings. The summed E-state index contributed by atoms with van der Waals surface area (Å²) in [6, 6.07) is 0. The van der Waals surface area contributed by atoms with Crippen molar-refractivity contribution in [2.75, 3.05) is 0 Å². The summed E-state index contributed by atoms with van der Waals surface area (Å²) in [6.45, 7) is 9.19. The van der Waals surface area contributed by atoms with Crippen LogP contribution in [0.1, 0.15) is 79.1 Å². The maximum Gasteiger partial charge on any atom is 0.159 e. The molecule has 1 unspecified atom stereocenters. The van der Waals surface area contributed by atoms with Crippen molar-refractivity contribution in [3.05, 3.63) is 11.6 Å². The van der Waals surface area contributed by atoms with E-state index < -0.39 is 0 Å². The van der Waals surface area contributed by atoms with Crippen LogP contribution >= 0.6 is 0 Å². The molecule has 148 valence electrons. The highest BCUT2D eigenvalue weighted by molar-refractivity contribution is 5.94. The van der Waals surface area contributed by atoms with Crippen molar-refractivity contribution < 1.29 is 9.90 Å². The molecule has 0 saturated heterocycles. The third kappa shape index (κ3) is 2.84. The molecule has 2 nitrogen and oxygen atoms in total. The molecule has 4 aliphatic carbocycles. The van der Waals surface area contributed by atoms with Crippen LogP contribution in [0.15, 0.2) is 11.6 Å². The second-order valence-electron chi connectivity index (χ2n) is 10.5. The van der Waals surface area contributed by atoms with Gasteiger partial charge in [-0.25, -0.2) is 0 Å². The fourth-order valence-electron chi connectivity index (χ4n) is 7.76. The van der Waals surface area contributed by atoms with Crippen LogP contribution in [0.4, 0.5) is 0 Å². The van der Waals surface area contributed by atoms with E-state index in [-0.39, 0.29) is 17.4 Å². The number of rotatable bonds is 2. The molecule has 0 aliphatic heterocycles. The standard InChI is InChI=1S/C25H36O2/c1-5-6-7-16(2)19-8-9-20-23-21(11-13-25(19,20)4)24(3)12-10-18(26)14-17(24)15-22(23)27/h15-16,18-21,23,26H,7-14H2,1-4H3/t16?,18-,19+,20-,21-,23-,24-,25+/m0/s1. The number of aliphatic hydroxyl groups is 1. The molecule has 0 bridgehead atoms. The van der Waals surface area contributed by atoms with Crippen molar-refractivity contribution in [1.29, 1.82) is 0 Å². The second-order valence-corrected chi connectivity index (χ2v) is 10.5. The summed E-state index contributed by atoms with van der Waals surface area (Å²) in [6.07, 6.45) is 10.3. The van der Waals surface area contributed by atoms with Crippen molar-refractivity contribution in [1.82, 2.24) is 0 Å². The molecule has 1 N–H and O–H groups in total. The average Bonchev–Trinajstić information content (AvgIpc) is 2.98. The highest BCUT2D eigenvalue weighted by atomic mass is 16.3. The molecule has 27 heavy (non-hydrogen) atoms. The summed E-state index contributed by atoms with van der Waals surface area (Å²) >= 11 is 0.